The van der Waals surface area contributed by atoms with Crippen LogP contribution in [0.3, 0.4) is 0 Å². The van der Waals surface area contributed by atoms with Crippen LogP contribution in [0.2, 0.25) is 0 Å². The zero-order chi connectivity index (χ0) is 18.9. The number of rotatable bonds is 3. The van der Waals surface area contributed by atoms with Crippen LogP contribution in [0.25, 0.3) is 0 Å². The van der Waals surface area contributed by atoms with Gasteiger partial charge in [0, 0.05) is 27.3 Å². The molecule has 8 heteroatoms. The fourth-order valence-corrected chi connectivity index (χ4v) is 4.69. The lowest BCUT2D eigenvalue weighted by Gasteiger charge is -2.41. The highest BCUT2D eigenvalue weighted by Gasteiger charge is 2.62. The second-order valence-electron chi connectivity index (χ2n) is 7.94. The molecule has 26 heavy (non-hydrogen) atoms. The van der Waals surface area contributed by atoms with Gasteiger partial charge in [0.1, 0.15) is 12.0 Å². The predicted octanol–water partition coefficient (Wildman–Crippen LogP) is 1.90. The lowest BCUT2D eigenvalue weighted by molar-refractivity contribution is -0.125. The van der Waals surface area contributed by atoms with E-state index in [9.17, 15) is 23.5 Å². The van der Waals surface area contributed by atoms with Crippen molar-refractivity contribution in [3.63, 3.8) is 0 Å². The minimum absolute atomic E-state index is 0.00676. The van der Waals surface area contributed by atoms with Gasteiger partial charge < -0.3 is 15.3 Å². The molecule has 1 spiro atoms. The molecule has 2 amide bonds. The monoisotopic (exact) mass is 476 g/mol. The Bertz CT molecular complexity index is 808. The van der Waals surface area contributed by atoms with Gasteiger partial charge in [-0.3, -0.25) is 9.59 Å². The number of aliphatic hydroxyl groups is 1. The summed E-state index contributed by atoms with van der Waals surface area (Å²) in [7, 11) is 0. The quantitative estimate of drug-likeness (QED) is 0.656. The fourth-order valence-electron chi connectivity index (χ4n) is 4.24. The van der Waals surface area contributed by atoms with Crippen molar-refractivity contribution in [1.29, 1.82) is 0 Å². The summed E-state index contributed by atoms with van der Waals surface area (Å²) in [5.41, 5.74) is -1.48. The first-order chi connectivity index (χ1) is 12.1. The summed E-state index contributed by atoms with van der Waals surface area (Å²) in [5.74, 6) is -1.33. The van der Waals surface area contributed by atoms with Crippen molar-refractivity contribution in [3.05, 3.63) is 32.6 Å². The van der Waals surface area contributed by atoms with Gasteiger partial charge in [-0.1, -0.05) is 0 Å². The van der Waals surface area contributed by atoms with Crippen LogP contribution in [0, 0.1) is 9.39 Å². The number of nitrogens with zero attached hydrogens (tertiary/aromatic N) is 1. The summed E-state index contributed by atoms with van der Waals surface area (Å²) in [4.78, 5) is 26.3. The van der Waals surface area contributed by atoms with Gasteiger partial charge in [0.15, 0.2) is 0 Å². The molecule has 2 fully saturated rings. The first-order valence-electron chi connectivity index (χ1n) is 8.56. The van der Waals surface area contributed by atoms with E-state index in [1.807, 2.05) is 22.6 Å². The first-order valence-corrected chi connectivity index (χ1v) is 9.64. The largest absolute Gasteiger partial charge is 0.390 e. The number of carbonyl (C=O) groups excluding carboxylic acids is 2. The van der Waals surface area contributed by atoms with Crippen molar-refractivity contribution >= 4 is 34.4 Å². The smallest absolute Gasteiger partial charge is 0.254 e. The molecule has 1 aromatic rings. The second-order valence-corrected chi connectivity index (χ2v) is 9.10. The molecule has 1 aromatic carbocycles. The average Bonchev–Trinajstić information content (AvgIpc) is 3.15. The summed E-state index contributed by atoms with van der Waals surface area (Å²) < 4.78 is 29.2. The summed E-state index contributed by atoms with van der Waals surface area (Å²) in [6, 6.07) is 2.89. The van der Waals surface area contributed by atoms with Gasteiger partial charge in [-0.2, -0.15) is 0 Å². The van der Waals surface area contributed by atoms with Gasteiger partial charge in [-0.15, -0.1) is 0 Å². The van der Waals surface area contributed by atoms with E-state index in [1.165, 1.54) is 17.0 Å². The van der Waals surface area contributed by atoms with E-state index < -0.39 is 28.9 Å². The first kappa shape index (κ1) is 18.1. The normalized spacial score (nSPS) is 35.1. The van der Waals surface area contributed by atoms with Crippen molar-refractivity contribution < 1.29 is 23.5 Å². The Kier molecular flexibility index (Phi) is 4.07. The van der Waals surface area contributed by atoms with Crippen LogP contribution in [-0.2, 0) is 10.2 Å². The molecule has 5 nitrogen and oxygen atoms in total. The molecule has 1 heterocycles. The maximum absolute atomic E-state index is 14.6. The SMILES string of the molecule is C[C@]1(O)C[C@H](NC(=O)CN2C[C@@]3(C[C@@H]3F)c3c(ccc(I)c3F)C2=O)C1. The lowest BCUT2D eigenvalue weighted by atomic mass is 9.77. The Morgan fingerprint density at radius 1 is 1.42 bits per heavy atom. The Hall–Kier alpha value is -1.29. The van der Waals surface area contributed by atoms with Crippen molar-refractivity contribution in [1.82, 2.24) is 10.2 Å². The average molecular weight is 476 g/mol. The number of hydrogen-bond donors (Lipinski definition) is 2. The number of nitrogens with one attached hydrogen (secondary N) is 1. The van der Waals surface area contributed by atoms with Crippen LogP contribution in [0.15, 0.2) is 12.1 Å². The standard InChI is InChI=1S/C18H19F2IN2O3/c1-17(26)4-9(5-17)22-13(24)7-23-8-18(6-12(18)19)14-10(16(23)25)2-3-11(21)15(14)20/h2-3,9,12,26H,4-8H2,1H3,(H,22,24)/t9-,12-,17-,18+/m0/s1. The van der Waals surface area contributed by atoms with Crippen molar-refractivity contribution in [2.75, 3.05) is 13.1 Å². The highest BCUT2D eigenvalue weighted by molar-refractivity contribution is 14.1. The highest BCUT2D eigenvalue weighted by atomic mass is 127. The third kappa shape index (κ3) is 2.81. The van der Waals surface area contributed by atoms with Crippen LogP contribution in [0.5, 0.6) is 0 Å². The summed E-state index contributed by atoms with van der Waals surface area (Å²) in [6.45, 7) is 1.51. The minimum atomic E-state index is -1.21. The van der Waals surface area contributed by atoms with E-state index in [0.29, 0.717) is 16.4 Å². The summed E-state index contributed by atoms with van der Waals surface area (Å²) in [5, 5.41) is 12.5. The van der Waals surface area contributed by atoms with E-state index in [-0.39, 0.29) is 42.6 Å². The van der Waals surface area contributed by atoms with E-state index in [0.717, 1.165) is 0 Å². The molecular weight excluding hydrogens is 457 g/mol. The zero-order valence-corrected chi connectivity index (χ0v) is 16.3. The molecule has 0 aromatic heterocycles. The van der Waals surface area contributed by atoms with Gasteiger partial charge in [0.05, 0.1) is 17.6 Å². The summed E-state index contributed by atoms with van der Waals surface area (Å²) in [6.07, 6.45) is -0.117. The fraction of sp³-hybridized carbons (Fsp3) is 0.556. The zero-order valence-electron chi connectivity index (χ0n) is 14.2. The van der Waals surface area contributed by atoms with Crippen LogP contribution < -0.4 is 5.32 Å². The number of alkyl halides is 1. The minimum Gasteiger partial charge on any atom is -0.390 e. The number of carbonyl (C=O) groups is 2. The maximum Gasteiger partial charge on any atom is 0.254 e. The second kappa shape index (κ2) is 5.85. The molecule has 2 aliphatic carbocycles. The number of hydrogen-bond acceptors (Lipinski definition) is 3. The molecule has 2 saturated carbocycles. The number of halogens is 3. The van der Waals surface area contributed by atoms with Crippen molar-refractivity contribution in [3.8, 4) is 0 Å². The van der Waals surface area contributed by atoms with Crippen LogP contribution in [-0.4, -0.2) is 52.7 Å². The molecule has 1 aliphatic heterocycles. The van der Waals surface area contributed by atoms with Gasteiger partial charge in [0.25, 0.3) is 5.91 Å². The molecule has 0 unspecified atom stereocenters. The Balaban J connectivity index is 1.53. The molecule has 2 atom stereocenters. The molecule has 3 aliphatic rings. The van der Waals surface area contributed by atoms with E-state index >= 15 is 0 Å². The molecule has 4 rings (SSSR count). The molecular formula is C18H19F2IN2O3. The topological polar surface area (TPSA) is 69.6 Å². The van der Waals surface area contributed by atoms with Gasteiger partial charge in [-0.25, -0.2) is 8.78 Å². The van der Waals surface area contributed by atoms with Crippen LogP contribution >= 0.6 is 22.6 Å². The van der Waals surface area contributed by atoms with Crippen molar-refractivity contribution in [2.24, 2.45) is 0 Å². The third-order valence-corrected chi connectivity index (χ3v) is 6.47. The number of amides is 2. The third-order valence-electron chi connectivity index (χ3n) is 5.64. The number of fused-ring (bicyclic) bond motifs is 2. The summed E-state index contributed by atoms with van der Waals surface area (Å²) >= 11 is 1.83. The van der Waals surface area contributed by atoms with Crippen LogP contribution in [0.4, 0.5) is 8.78 Å². The van der Waals surface area contributed by atoms with E-state index in [4.69, 9.17) is 0 Å². The van der Waals surface area contributed by atoms with Gasteiger partial charge >= 0.3 is 0 Å². The molecule has 140 valence electrons. The van der Waals surface area contributed by atoms with Gasteiger partial charge in [-0.05, 0) is 60.9 Å². The maximum atomic E-state index is 14.6. The van der Waals surface area contributed by atoms with Crippen molar-refractivity contribution in [2.45, 2.75) is 49.4 Å². The Morgan fingerprint density at radius 2 is 2.08 bits per heavy atom. The molecule has 2 N–H and O–H groups in total. The van der Waals surface area contributed by atoms with Crippen LogP contribution in [0.1, 0.15) is 42.1 Å². The number of benzene rings is 1. The van der Waals surface area contributed by atoms with E-state index in [2.05, 4.69) is 5.32 Å². The highest BCUT2D eigenvalue weighted by Crippen LogP contribution is 2.55. The molecule has 0 saturated heterocycles. The Morgan fingerprint density at radius 3 is 2.65 bits per heavy atom. The van der Waals surface area contributed by atoms with E-state index in [1.54, 1.807) is 6.92 Å². The van der Waals surface area contributed by atoms with Gasteiger partial charge in [0.2, 0.25) is 5.91 Å². The molecule has 0 radical (unpaired) electrons. The predicted molar refractivity (Wildman–Crippen MR) is 98.0 cm³/mol. The molecule has 0 bridgehead atoms. The lowest BCUT2D eigenvalue weighted by Crippen LogP contribution is -2.56. The Labute approximate surface area is 163 Å².